The highest BCUT2D eigenvalue weighted by Gasteiger charge is 2.45. The van der Waals surface area contributed by atoms with E-state index >= 15 is 0 Å². The maximum atomic E-state index is 6.29. The van der Waals surface area contributed by atoms with Gasteiger partial charge in [0.05, 0.1) is 0 Å². The van der Waals surface area contributed by atoms with E-state index in [1.807, 2.05) is 0 Å². The Morgan fingerprint density at radius 2 is 1.65 bits per heavy atom. The van der Waals surface area contributed by atoms with Crippen LogP contribution in [0.2, 0.25) is 0 Å². The first kappa shape index (κ1) is 16.3. The van der Waals surface area contributed by atoms with Gasteiger partial charge in [0.2, 0.25) is 0 Å². The molecule has 2 aliphatic carbocycles. The molecule has 20 heavy (non-hydrogen) atoms. The van der Waals surface area contributed by atoms with Gasteiger partial charge in [0.15, 0.2) is 0 Å². The first-order valence-electron chi connectivity index (χ1n) is 8.74. The Kier molecular flexibility index (Phi) is 4.86. The smallest absolute Gasteiger partial charge is 0.0357 e. The number of hydrogen-bond acceptors (Lipinski definition) is 2. The zero-order valence-corrected chi connectivity index (χ0v) is 14.4. The van der Waals surface area contributed by atoms with Crippen molar-refractivity contribution < 1.29 is 0 Å². The van der Waals surface area contributed by atoms with E-state index in [1.165, 1.54) is 44.9 Å². The zero-order valence-electron chi connectivity index (χ0n) is 14.4. The lowest BCUT2D eigenvalue weighted by Crippen LogP contribution is -2.62. The summed E-state index contributed by atoms with van der Waals surface area (Å²) >= 11 is 0. The highest BCUT2D eigenvalue weighted by atomic mass is 15.2. The molecule has 0 aromatic rings. The second-order valence-electron chi connectivity index (χ2n) is 8.59. The molecule has 2 saturated carbocycles. The van der Waals surface area contributed by atoms with Crippen LogP contribution >= 0.6 is 0 Å². The van der Waals surface area contributed by atoms with Crippen molar-refractivity contribution in [2.24, 2.45) is 23.0 Å². The van der Waals surface area contributed by atoms with E-state index in [0.29, 0.717) is 5.41 Å². The van der Waals surface area contributed by atoms with Crippen molar-refractivity contribution in [2.75, 3.05) is 13.6 Å². The van der Waals surface area contributed by atoms with E-state index in [2.05, 4.69) is 39.6 Å². The van der Waals surface area contributed by atoms with Crippen LogP contribution in [0, 0.1) is 17.3 Å². The minimum Gasteiger partial charge on any atom is -0.329 e. The molecular formula is C18H36N2. The summed E-state index contributed by atoms with van der Waals surface area (Å²) in [6, 6.07) is 0.752. The van der Waals surface area contributed by atoms with Gasteiger partial charge >= 0.3 is 0 Å². The number of hydrogen-bond donors (Lipinski definition) is 1. The fraction of sp³-hybridized carbons (Fsp3) is 1.00. The third-order valence-electron chi connectivity index (χ3n) is 6.66. The van der Waals surface area contributed by atoms with Crippen molar-refractivity contribution in [2.45, 2.75) is 84.2 Å². The Morgan fingerprint density at radius 3 is 2.15 bits per heavy atom. The molecule has 3 atom stereocenters. The van der Waals surface area contributed by atoms with Gasteiger partial charge in [-0.15, -0.1) is 0 Å². The van der Waals surface area contributed by atoms with Gasteiger partial charge in [-0.3, -0.25) is 4.90 Å². The van der Waals surface area contributed by atoms with Crippen molar-refractivity contribution in [3.63, 3.8) is 0 Å². The average molecular weight is 280 g/mol. The predicted molar refractivity (Wildman–Crippen MR) is 87.8 cm³/mol. The summed E-state index contributed by atoms with van der Waals surface area (Å²) in [4.78, 5) is 2.71. The predicted octanol–water partition coefficient (Wildman–Crippen LogP) is 4.04. The van der Waals surface area contributed by atoms with Gasteiger partial charge in [0, 0.05) is 18.1 Å². The number of nitrogens with two attached hydrogens (primary N) is 1. The van der Waals surface area contributed by atoms with Crippen LogP contribution in [0.1, 0.15) is 72.6 Å². The summed E-state index contributed by atoms with van der Waals surface area (Å²) in [5, 5.41) is 0. The van der Waals surface area contributed by atoms with Crippen LogP contribution in [0.25, 0.3) is 0 Å². The summed E-state index contributed by atoms with van der Waals surface area (Å²) in [5.74, 6) is 1.61. The molecule has 0 radical (unpaired) electrons. The largest absolute Gasteiger partial charge is 0.329 e. The van der Waals surface area contributed by atoms with E-state index < -0.39 is 0 Å². The van der Waals surface area contributed by atoms with E-state index in [-0.39, 0.29) is 5.54 Å². The minimum absolute atomic E-state index is 0.263. The maximum Gasteiger partial charge on any atom is 0.0357 e. The van der Waals surface area contributed by atoms with Crippen LogP contribution in [0.5, 0.6) is 0 Å². The van der Waals surface area contributed by atoms with Crippen molar-refractivity contribution in [1.29, 1.82) is 0 Å². The maximum absolute atomic E-state index is 6.29. The van der Waals surface area contributed by atoms with Gasteiger partial charge in [-0.05, 0) is 69.2 Å². The number of nitrogens with zero attached hydrogens (tertiary/aromatic N) is 1. The average Bonchev–Trinajstić information content (AvgIpc) is 2.39. The molecule has 0 spiro atoms. The third-order valence-corrected chi connectivity index (χ3v) is 6.66. The molecule has 2 nitrogen and oxygen atoms in total. The summed E-state index contributed by atoms with van der Waals surface area (Å²) in [7, 11) is 2.36. The van der Waals surface area contributed by atoms with Gasteiger partial charge < -0.3 is 5.73 Å². The highest BCUT2D eigenvalue weighted by molar-refractivity contribution is 5.01. The molecule has 0 aromatic carbocycles. The lowest BCUT2D eigenvalue weighted by atomic mass is 9.67. The highest BCUT2D eigenvalue weighted by Crippen LogP contribution is 2.44. The van der Waals surface area contributed by atoms with Crippen molar-refractivity contribution in [3.05, 3.63) is 0 Å². The summed E-state index contributed by atoms with van der Waals surface area (Å²) in [6.45, 7) is 10.5. The Bertz CT molecular complexity index is 315. The quantitative estimate of drug-likeness (QED) is 0.845. The molecule has 0 amide bonds. The minimum atomic E-state index is 0.263. The van der Waals surface area contributed by atoms with E-state index in [9.17, 15) is 0 Å². The molecule has 3 unspecified atom stereocenters. The molecule has 2 N–H and O–H groups in total. The molecular weight excluding hydrogens is 244 g/mol. The molecule has 118 valence electrons. The lowest BCUT2D eigenvalue weighted by Gasteiger charge is -2.54. The van der Waals surface area contributed by atoms with Crippen molar-refractivity contribution in [1.82, 2.24) is 4.90 Å². The Labute approximate surface area is 126 Å². The first-order valence-corrected chi connectivity index (χ1v) is 8.74. The monoisotopic (exact) mass is 280 g/mol. The number of likely N-dealkylation sites (N-methyl/N-ethyl adjacent to an activating group) is 1. The molecule has 2 rings (SSSR count). The summed E-state index contributed by atoms with van der Waals surface area (Å²) in [5.41, 5.74) is 7.11. The Morgan fingerprint density at radius 1 is 1.05 bits per heavy atom. The first-order chi connectivity index (χ1) is 9.31. The van der Waals surface area contributed by atoms with Gasteiger partial charge in [0.1, 0.15) is 0 Å². The van der Waals surface area contributed by atoms with Gasteiger partial charge in [-0.25, -0.2) is 0 Å². The lowest BCUT2D eigenvalue weighted by molar-refractivity contribution is -0.0286. The van der Waals surface area contributed by atoms with Crippen LogP contribution in [0.15, 0.2) is 0 Å². The normalized spacial score (nSPS) is 39.1. The van der Waals surface area contributed by atoms with Crippen molar-refractivity contribution in [3.8, 4) is 0 Å². The second-order valence-corrected chi connectivity index (χ2v) is 8.59. The van der Waals surface area contributed by atoms with E-state index in [4.69, 9.17) is 5.73 Å². The molecule has 0 heterocycles. The van der Waals surface area contributed by atoms with E-state index in [1.54, 1.807) is 0 Å². The van der Waals surface area contributed by atoms with Crippen LogP contribution in [-0.4, -0.2) is 30.1 Å². The van der Waals surface area contributed by atoms with Crippen molar-refractivity contribution >= 4 is 0 Å². The standard InChI is InChI=1S/C18H36N2/c1-14-6-11-18(13-19,15(2)12-14)20(5)16-7-9-17(3,4)10-8-16/h14-16H,6-13,19H2,1-5H3. The van der Waals surface area contributed by atoms with Gasteiger partial charge in [-0.2, -0.15) is 0 Å². The van der Waals surface area contributed by atoms with Gasteiger partial charge in [-0.1, -0.05) is 27.7 Å². The third kappa shape index (κ3) is 3.06. The molecule has 2 heteroatoms. The Hall–Kier alpha value is -0.0800. The second kappa shape index (κ2) is 5.96. The molecule has 0 saturated heterocycles. The molecule has 0 aliphatic heterocycles. The molecule has 0 bridgehead atoms. The van der Waals surface area contributed by atoms with Crippen LogP contribution in [-0.2, 0) is 0 Å². The SMILES string of the molecule is CC1CCC(CN)(N(C)C2CCC(C)(C)CC2)C(C)C1. The molecule has 2 aliphatic rings. The summed E-state index contributed by atoms with van der Waals surface area (Å²) in [6.07, 6.45) is 9.44. The fourth-order valence-electron chi connectivity index (χ4n) is 4.79. The zero-order chi connectivity index (χ0) is 15.0. The number of rotatable bonds is 3. The van der Waals surface area contributed by atoms with Gasteiger partial charge in [0.25, 0.3) is 0 Å². The van der Waals surface area contributed by atoms with E-state index in [0.717, 1.165) is 24.4 Å². The molecule has 2 fully saturated rings. The van der Waals surface area contributed by atoms with Crippen LogP contribution in [0.3, 0.4) is 0 Å². The summed E-state index contributed by atoms with van der Waals surface area (Å²) < 4.78 is 0. The van der Waals surface area contributed by atoms with Crippen LogP contribution < -0.4 is 5.73 Å². The van der Waals surface area contributed by atoms with Crippen LogP contribution in [0.4, 0.5) is 0 Å². The topological polar surface area (TPSA) is 29.3 Å². The fourth-order valence-corrected chi connectivity index (χ4v) is 4.79. The molecule has 0 aromatic heterocycles. The Balaban J connectivity index is 2.07.